The Morgan fingerprint density at radius 1 is 0.581 bits per heavy atom. The van der Waals surface area contributed by atoms with E-state index in [4.69, 9.17) is 15.0 Å². The maximum Gasteiger partial charge on any atom is 0.238 e. The smallest absolute Gasteiger partial charge is 0.238 e. The van der Waals surface area contributed by atoms with Crippen molar-refractivity contribution in [1.82, 2.24) is 24.1 Å². The molecule has 5 nitrogen and oxygen atoms in total. The second kappa shape index (κ2) is 9.61. The fraction of sp³-hybridized carbons (Fsp3) is 0.0541. The number of para-hydroxylation sites is 3. The molecule has 4 heterocycles. The zero-order valence-electron chi connectivity index (χ0n) is 23.2. The van der Waals surface area contributed by atoms with Gasteiger partial charge in [-0.3, -0.25) is 4.57 Å². The Balaban J connectivity index is 1.45. The molecule has 6 heteroatoms. The molecule has 0 fully saturated rings. The van der Waals surface area contributed by atoms with Gasteiger partial charge in [0.25, 0.3) is 0 Å². The predicted molar refractivity (Wildman–Crippen MR) is 178 cm³/mol. The molecule has 0 unspecified atom stereocenters. The van der Waals surface area contributed by atoms with Crippen molar-refractivity contribution in [2.75, 3.05) is 0 Å². The van der Waals surface area contributed by atoms with Gasteiger partial charge in [-0.25, -0.2) is 4.98 Å². The molecule has 0 radical (unpaired) electrons. The van der Waals surface area contributed by atoms with Crippen LogP contribution in [-0.4, -0.2) is 24.1 Å². The van der Waals surface area contributed by atoms with Crippen molar-refractivity contribution in [2.45, 2.75) is 12.8 Å². The fourth-order valence-corrected chi connectivity index (χ4v) is 7.66. The minimum atomic E-state index is 0.634. The van der Waals surface area contributed by atoms with Crippen molar-refractivity contribution in [2.24, 2.45) is 0 Å². The summed E-state index contributed by atoms with van der Waals surface area (Å²) in [4.78, 5) is 15.4. The summed E-state index contributed by atoms with van der Waals surface area (Å²) in [6.45, 7) is 0. The zero-order valence-corrected chi connectivity index (χ0v) is 24.0. The quantitative estimate of drug-likeness (QED) is 0.211. The highest BCUT2D eigenvalue weighted by Gasteiger charge is 2.25. The van der Waals surface area contributed by atoms with E-state index in [-0.39, 0.29) is 0 Å². The first kappa shape index (κ1) is 24.3. The van der Waals surface area contributed by atoms with Crippen LogP contribution in [0.25, 0.3) is 70.8 Å². The summed E-state index contributed by atoms with van der Waals surface area (Å²) in [7, 11) is 0. The average Bonchev–Trinajstić information content (AvgIpc) is 3.72. The minimum absolute atomic E-state index is 0.634. The van der Waals surface area contributed by atoms with Crippen molar-refractivity contribution in [3.8, 4) is 23.0 Å². The first-order valence-electron chi connectivity index (χ1n) is 14.5. The molecule has 8 aromatic rings. The standard InChI is InChI=1S/C37H25N5S/c1-4-14-24(15-5-1)35-38-36(25-16-6-2-7-17-25)40-37(39-35)42-30-23-13-11-21-28(30)34-32(42)31-33(43-34)27-20-10-12-22-29(27)41(31)26-18-8-3-9-19-26/h1-6,8-16,18-23H,7,17H2. The molecule has 0 aliphatic heterocycles. The van der Waals surface area contributed by atoms with Crippen molar-refractivity contribution in [3.63, 3.8) is 0 Å². The lowest BCUT2D eigenvalue weighted by Crippen LogP contribution is -2.09. The van der Waals surface area contributed by atoms with Crippen molar-refractivity contribution in [3.05, 3.63) is 133 Å². The molecule has 0 amide bonds. The number of aromatic nitrogens is 5. The summed E-state index contributed by atoms with van der Waals surface area (Å²) >= 11 is 1.85. The third-order valence-corrected chi connectivity index (χ3v) is 9.49. The van der Waals surface area contributed by atoms with E-state index in [9.17, 15) is 0 Å². The minimum Gasteiger partial charge on any atom is -0.306 e. The Bertz CT molecular complexity index is 2390. The summed E-state index contributed by atoms with van der Waals surface area (Å²) < 4.78 is 7.16. The lowest BCUT2D eigenvalue weighted by Gasteiger charge is -2.13. The summed E-state index contributed by atoms with van der Waals surface area (Å²) in [5.41, 5.74) is 7.80. The van der Waals surface area contributed by atoms with Gasteiger partial charge >= 0.3 is 0 Å². The van der Waals surface area contributed by atoms with Crippen LogP contribution in [0.1, 0.15) is 18.7 Å². The van der Waals surface area contributed by atoms with Gasteiger partial charge in [0.1, 0.15) is 0 Å². The number of fused-ring (bicyclic) bond motifs is 7. The Kier molecular flexibility index (Phi) is 5.43. The number of benzene rings is 4. The molecule has 9 rings (SSSR count). The topological polar surface area (TPSA) is 48.5 Å². The maximum atomic E-state index is 5.20. The molecule has 0 N–H and O–H groups in total. The Morgan fingerprint density at radius 2 is 1.19 bits per heavy atom. The van der Waals surface area contributed by atoms with Gasteiger partial charge in [-0.05, 0) is 42.7 Å². The largest absolute Gasteiger partial charge is 0.306 e. The van der Waals surface area contributed by atoms with Crippen LogP contribution in [0.3, 0.4) is 0 Å². The molecule has 0 atom stereocenters. The van der Waals surface area contributed by atoms with Crippen LogP contribution < -0.4 is 0 Å². The van der Waals surface area contributed by atoms with Crippen LogP contribution in [0.15, 0.2) is 127 Å². The summed E-state index contributed by atoms with van der Waals surface area (Å²) in [5, 5.41) is 2.45. The van der Waals surface area contributed by atoms with Gasteiger partial charge in [0, 0.05) is 22.0 Å². The molecular weight excluding hydrogens is 547 g/mol. The Morgan fingerprint density at radius 3 is 1.88 bits per heavy atom. The van der Waals surface area contributed by atoms with Gasteiger partial charge in [-0.2, -0.15) is 9.97 Å². The van der Waals surface area contributed by atoms with Gasteiger partial charge in [-0.1, -0.05) is 103 Å². The molecule has 4 aromatic carbocycles. The average molecular weight is 572 g/mol. The monoisotopic (exact) mass is 571 g/mol. The normalized spacial score (nSPS) is 13.4. The predicted octanol–water partition coefficient (Wildman–Crippen LogP) is 9.53. The highest BCUT2D eigenvalue weighted by molar-refractivity contribution is 7.27. The first-order chi connectivity index (χ1) is 21.3. The Labute approximate surface area is 251 Å². The van der Waals surface area contributed by atoms with Crippen molar-refractivity contribution in [1.29, 1.82) is 0 Å². The number of hydrogen-bond donors (Lipinski definition) is 0. The highest BCUT2D eigenvalue weighted by Crippen LogP contribution is 2.47. The van der Waals surface area contributed by atoms with E-state index >= 15 is 0 Å². The number of rotatable bonds is 4. The maximum absolute atomic E-state index is 5.20. The lowest BCUT2D eigenvalue weighted by atomic mass is 10.0. The van der Waals surface area contributed by atoms with E-state index in [1.165, 1.54) is 31.2 Å². The molecule has 204 valence electrons. The zero-order chi connectivity index (χ0) is 28.3. The third-order valence-electron chi connectivity index (χ3n) is 8.26. The fourth-order valence-electron chi connectivity index (χ4n) is 6.32. The number of nitrogens with zero attached hydrogens (tertiary/aromatic N) is 5. The van der Waals surface area contributed by atoms with Crippen molar-refractivity contribution >= 4 is 59.1 Å². The van der Waals surface area contributed by atoms with Crippen LogP contribution in [0.2, 0.25) is 0 Å². The number of hydrogen-bond acceptors (Lipinski definition) is 4. The molecule has 0 saturated carbocycles. The summed E-state index contributed by atoms with van der Waals surface area (Å²) in [5.74, 6) is 2.04. The van der Waals surface area contributed by atoms with Crippen molar-refractivity contribution < 1.29 is 0 Å². The lowest BCUT2D eigenvalue weighted by molar-refractivity contribution is 0.914. The summed E-state index contributed by atoms with van der Waals surface area (Å²) in [6.07, 6.45) is 8.32. The second-order valence-corrected chi connectivity index (χ2v) is 11.8. The van der Waals surface area contributed by atoms with E-state index < -0.39 is 0 Å². The number of allylic oxidation sites excluding steroid dienone is 4. The van der Waals surface area contributed by atoms with Crippen LogP contribution in [0.5, 0.6) is 0 Å². The highest BCUT2D eigenvalue weighted by atomic mass is 32.1. The molecule has 1 aliphatic carbocycles. The van der Waals surface area contributed by atoms with E-state index in [1.54, 1.807) is 0 Å². The molecule has 0 saturated heterocycles. The second-order valence-electron chi connectivity index (χ2n) is 10.8. The first-order valence-corrected chi connectivity index (χ1v) is 15.4. The van der Waals surface area contributed by atoms with Gasteiger partial charge in [0.2, 0.25) is 5.95 Å². The van der Waals surface area contributed by atoms with E-state index in [1.807, 2.05) is 29.5 Å². The third kappa shape index (κ3) is 3.73. The van der Waals surface area contributed by atoms with Crippen LogP contribution in [0, 0.1) is 0 Å². The van der Waals surface area contributed by atoms with Gasteiger partial charge in [0.15, 0.2) is 11.6 Å². The van der Waals surface area contributed by atoms with Gasteiger partial charge in [0.05, 0.1) is 31.5 Å². The van der Waals surface area contributed by atoms with E-state index in [2.05, 4.69) is 118 Å². The summed E-state index contributed by atoms with van der Waals surface area (Å²) in [6, 6.07) is 38.2. The van der Waals surface area contributed by atoms with Gasteiger partial charge in [-0.15, -0.1) is 11.3 Å². The van der Waals surface area contributed by atoms with Gasteiger partial charge < -0.3 is 4.57 Å². The Hall–Kier alpha value is -5.33. The molecular formula is C37H25N5S. The molecule has 43 heavy (non-hydrogen) atoms. The van der Waals surface area contributed by atoms with Crippen LogP contribution >= 0.6 is 11.3 Å². The van der Waals surface area contributed by atoms with Crippen LogP contribution in [0.4, 0.5) is 0 Å². The molecule has 4 aromatic heterocycles. The number of thiophene rings is 1. The van der Waals surface area contributed by atoms with E-state index in [0.29, 0.717) is 11.8 Å². The SMILES string of the molecule is C1=CCCC(c2nc(-c3ccccc3)nc(-n3c4ccccc4c4sc5c6ccccc6n(-c6ccccc6)c5c43)n2)=C1. The molecule has 0 spiro atoms. The van der Waals surface area contributed by atoms with Crippen LogP contribution in [-0.2, 0) is 0 Å². The molecule has 0 bridgehead atoms. The van der Waals surface area contributed by atoms with E-state index in [0.717, 1.165) is 46.5 Å². The molecule has 1 aliphatic rings.